The van der Waals surface area contributed by atoms with Crippen molar-refractivity contribution in [1.29, 1.82) is 5.26 Å². The third-order valence-electron chi connectivity index (χ3n) is 4.03. The molecule has 0 aliphatic carbocycles. The van der Waals surface area contributed by atoms with Gasteiger partial charge < -0.3 is 9.47 Å². The lowest BCUT2D eigenvalue weighted by atomic mass is 10.00. The van der Waals surface area contributed by atoms with Crippen molar-refractivity contribution >= 4 is 16.9 Å². The van der Waals surface area contributed by atoms with Crippen molar-refractivity contribution in [3.8, 4) is 11.8 Å². The number of carbonyl (C=O) groups excluding carboxylic acids is 1. The average molecular weight is 350 g/mol. The molecule has 0 bridgehead atoms. The maximum Gasteiger partial charge on any atom is 0.341 e. The van der Waals surface area contributed by atoms with Gasteiger partial charge in [0.2, 0.25) is 0 Å². The molecule has 130 valence electrons. The zero-order chi connectivity index (χ0) is 18.7. The van der Waals surface area contributed by atoms with Gasteiger partial charge in [0.05, 0.1) is 25.9 Å². The average Bonchev–Trinajstić information content (AvgIpc) is 2.67. The number of ether oxygens (including phenoxy) is 2. The number of nitriles is 1. The Morgan fingerprint density at radius 1 is 1.19 bits per heavy atom. The fraction of sp³-hybridized carbons (Fsp3) is 0.150. The summed E-state index contributed by atoms with van der Waals surface area (Å²) >= 11 is 0. The van der Waals surface area contributed by atoms with E-state index in [1.165, 1.54) is 32.4 Å². The van der Waals surface area contributed by atoms with E-state index in [0.29, 0.717) is 22.9 Å². The summed E-state index contributed by atoms with van der Waals surface area (Å²) in [4.78, 5) is 16.4. The van der Waals surface area contributed by atoms with Crippen molar-refractivity contribution in [2.24, 2.45) is 0 Å². The minimum absolute atomic E-state index is 0.151. The summed E-state index contributed by atoms with van der Waals surface area (Å²) in [5.74, 6) is -0.631. The molecule has 5 nitrogen and oxygen atoms in total. The summed E-state index contributed by atoms with van der Waals surface area (Å²) in [5, 5.41) is 10.1. The second kappa shape index (κ2) is 7.19. The van der Waals surface area contributed by atoms with Crippen LogP contribution >= 0.6 is 0 Å². The summed E-state index contributed by atoms with van der Waals surface area (Å²) < 4.78 is 23.1. The van der Waals surface area contributed by atoms with Crippen LogP contribution in [-0.4, -0.2) is 25.2 Å². The van der Waals surface area contributed by atoms with Gasteiger partial charge in [0, 0.05) is 11.6 Å². The van der Waals surface area contributed by atoms with E-state index in [9.17, 15) is 14.4 Å². The van der Waals surface area contributed by atoms with Crippen LogP contribution in [0.25, 0.3) is 10.9 Å². The highest BCUT2D eigenvalue weighted by Gasteiger charge is 2.20. The quantitative estimate of drug-likeness (QED) is 0.672. The monoisotopic (exact) mass is 350 g/mol. The Labute approximate surface area is 149 Å². The third kappa shape index (κ3) is 3.20. The number of methoxy groups -OCH3 is 2. The van der Waals surface area contributed by atoms with Gasteiger partial charge in [-0.15, -0.1) is 0 Å². The lowest BCUT2D eigenvalue weighted by Crippen LogP contribution is -2.06. The first kappa shape index (κ1) is 17.4. The first-order chi connectivity index (χ1) is 12.6. The molecule has 0 fully saturated rings. The van der Waals surface area contributed by atoms with Crippen LogP contribution in [-0.2, 0) is 11.2 Å². The Bertz CT molecular complexity index is 1020. The number of hydrogen-bond acceptors (Lipinski definition) is 5. The Balaban J connectivity index is 2.13. The van der Waals surface area contributed by atoms with Gasteiger partial charge in [-0.3, -0.25) is 4.98 Å². The number of fused-ring (bicyclic) bond motifs is 1. The van der Waals surface area contributed by atoms with E-state index in [1.807, 2.05) is 6.07 Å². The molecule has 26 heavy (non-hydrogen) atoms. The Kier molecular flexibility index (Phi) is 4.81. The Hall–Kier alpha value is -3.46. The van der Waals surface area contributed by atoms with Crippen LogP contribution in [0.2, 0.25) is 0 Å². The Morgan fingerprint density at radius 2 is 1.92 bits per heavy atom. The molecule has 0 N–H and O–H groups in total. The third-order valence-corrected chi connectivity index (χ3v) is 4.03. The summed E-state index contributed by atoms with van der Waals surface area (Å²) in [6.45, 7) is 0. The van der Waals surface area contributed by atoms with E-state index in [4.69, 9.17) is 9.47 Å². The van der Waals surface area contributed by atoms with E-state index in [0.717, 1.165) is 11.1 Å². The number of carbonyl (C=O) groups is 1. The molecule has 0 amide bonds. The van der Waals surface area contributed by atoms with Crippen LogP contribution in [0, 0.1) is 17.1 Å². The molecule has 2 aromatic carbocycles. The lowest BCUT2D eigenvalue weighted by Gasteiger charge is -2.12. The molecule has 0 spiro atoms. The largest absolute Gasteiger partial charge is 0.494 e. The van der Waals surface area contributed by atoms with Gasteiger partial charge in [0.25, 0.3) is 0 Å². The fourth-order valence-electron chi connectivity index (χ4n) is 2.80. The summed E-state index contributed by atoms with van der Waals surface area (Å²) in [6, 6.07) is 11.6. The zero-order valence-corrected chi connectivity index (χ0v) is 14.2. The molecule has 6 heteroatoms. The maximum absolute atomic E-state index is 13.0. The highest BCUT2D eigenvalue weighted by atomic mass is 19.1. The van der Waals surface area contributed by atoms with Gasteiger partial charge in [0.15, 0.2) is 5.75 Å². The fourth-order valence-corrected chi connectivity index (χ4v) is 2.80. The van der Waals surface area contributed by atoms with Gasteiger partial charge >= 0.3 is 5.97 Å². The smallest absolute Gasteiger partial charge is 0.341 e. The van der Waals surface area contributed by atoms with Crippen molar-refractivity contribution in [2.45, 2.75) is 6.42 Å². The molecule has 3 aromatic rings. The minimum atomic E-state index is -0.600. The number of hydrogen-bond donors (Lipinski definition) is 0. The molecule has 0 radical (unpaired) electrons. The van der Waals surface area contributed by atoms with Crippen LogP contribution < -0.4 is 4.74 Å². The minimum Gasteiger partial charge on any atom is -0.494 e. The van der Waals surface area contributed by atoms with Gasteiger partial charge in [-0.1, -0.05) is 12.1 Å². The van der Waals surface area contributed by atoms with E-state index in [2.05, 4.69) is 11.1 Å². The molecule has 0 unspecified atom stereocenters. The van der Waals surface area contributed by atoms with Crippen molar-refractivity contribution in [3.05, 3.63) is 70.7 Å². The SMILES string of the molecule is COC(=O)c1cc(C#N)c2cc(Cc3ccc(F)cc3)cnc2c1OC. The molecule has 1 heterocycles. The van der Waals surface area contributed by atoms with Crippen molar-refractivity contribution in [3.63, 3.8) is 0 Å². The highest BCUT2D eigenvalue weighted by Crippen LogP contribution is 2.32. The molecule has 3 rings (SSSR count). The number of pyridine rings is 1. The van der Waals surface area contributed by atoms with Gasteiger partial charge in [-0.05, 0) is 41.8 Å². The summed E-state index contributed by atoms with van der Waals surface area (Å²) in [7, 11) is 2.69. The zero-order valence-electron chi connectivity index (χ0n) is 14.2. The number of benzene rings is 2. The number of nitrogens with zero attached hydrogens (tertiary/aromatic N) is 2. The molecule has 0 saturated carbocycles. The number of aromatic nitrogens is 1. The predicted octanol–water partition coefficient (Wildman–Crippen LogP) is 3.63. The predicted molar refractivity (Wildman–Crippen MR) is 93.6 cm³/mol. The van der Waals surface area contributed by atoms with Crippen molar-refractivity contribution < 1.29 is 18.7 Å². The number of esters is 1. The van der Waals surface area contributed by atoms with E-state index < -0.39 is 5.97 Å². The van der Waals surface area contributed by atoms with Crippen LogP contribution in [0.4, 0.5) is 4.39 Å². The van der Waals surface area contributed by atoms with Gasteiger partial charge in [-0.25, -0.2) is 9.18 Å². The number of rotatable bonds is 4. The first-order valence-corrected chi connectivity index (χ1v) is 7.80. The summed E-state index contributed by atoms with van der Waals surface area (Å²) in [5.41, 5.74) is 2.64. The lowest BCUT2D eigenvalue weighted by molar-refractivity contribution is 0.0597. The highest BCUT2D eigenvalue weighted by molar-refractivity contribution is 6.02. The topological polar surface area (TPSA) is 72.2 Å². The molecule has 0 aliphatic rings. The molecular weight excluding hydrogens is 335 g/mol. The van der Waals surface area contributed by atoms with Crippen molar-refractivity contribution in [2.75, 3.05) is 14.2 Å². The number of halogens is 1. The standard InChI is InChI=1S/C20H15FN2O3/c1-25-19-17(20(24)26-2)9-14(10-22)16-8-13(11-23-18(16)19)7-12-3-5-15(21)6-4-12/h3-6,8-9,11H,7H2,1-2H3. The van der Waals surface area contributed by atoms with Crippen molar-refractivity contribution in [1.82, 2.24) is 4.98 Å². The molecule has 0 saturated heterocycles. The van der Waals surface area contributed by atoms with Gasteiger partial charge in [-0.2, -0.15) is 5.26 Å². The van der Waals surface area contributed by atoms with Crippen LogP contribution in [0.15, 0.2) is 42.6 Å². The normalized spacial score (nSPS) is 10.4. The molecule has 1 aromatic heterocycles. The van der Waals surface area contributed by atoms with E-state index in [-0.39, 0.29) is 17.1 Å². The molecule has 0 aliphatic heterocycles. The first-order valence-electron chi connectivity index (χ1n) is 7.80. The second-order valence-corrected chi connectivity index (χ2v) is 5.65. The van der Waals surface area contributed by atoms with Crippen LogP contribution in [0.1, 0.15) is 27.0 Å². The van der Waals surface area contributed by atoms with Crippen LogP contribution in [0.3, 0.4) is 0 Å². The molecular formula is C20H15FN2O3. The van der Waals surface area contributed by atoms with E-state index in [1.54, 1.807) is 18.3 Å². The maximum atomic E-state index is 13.0. The van der Waals surface area contributed by atoms with Gasteiger partial charge in [0.1, 0.15) is 16.9 Å². The van der Waals surface area contributed by atoms with Crippen LogP contribution in [0.5, 0.6) is 5.75 Å². The Morgan fingerprint density at radius 3 is 2.54 bits per heavy atom. The van der Waals surface area contributed by atoms with E-state index >= 15 is 0 Å². The summed E-state index contributed by atoms with van der Waals surface area (Å²) in [6.07, 6.45) is 2.19. The second-order valence-electron chi connectivity index (χ2n) is 5.65. The molecule has 0 atom stereocenters.